The first-order valence-electron chi connectivity index (χ1n) is 8.97. The number of aliphatic hydroxyl groups is 1. The van der Waals surface area contributed by atoms with Gasteiger partial charge >= 0.3 is 5.97 Å². The van der Waals surface area contributed by atoms with Crippen LogP contribution in [0.3, 0.4) is 0 Å². The number of carboxylic acids is 1. The fraction of sp³-hybridized carbons (Fsp3) is 0.444. The molecule has 1 rings (SSSR count). The van der Waals surface area contributed by atoms with Crippen molar-refractivity contribution in [2.75, 3.05) is 12.3 Å². The lowest BCUT2D eigenvalue weighted by Gasteiger charge is -2.24. The lowest BCUT2D eigenvalue weighted by molar-refractivity contribution is -0.138. The van der Waals surface area contributed by atoms with E-state index in [0.29, 0.717) is 5.56 Å². The number of amides is 3. The molecule has 0 saturated heterocycles. The van der Waals surface area contributed by atoms with Crippen molar-refractivity contribution in [3.8, 4) is 5.75 Å². The van der Waals surface area contributed by atoms with Crippen molar-refractivity contribution in [1.82, 2.24) is 16.0 Å². The molecule has 0 aliphatic heterocycles. The summed E-state index contributed by atoms with van der Waals surface area (Å²) in [7, 11) is 0. The number of hydrogen-bond donors (Lipinski definition) is 8. The van der Waals surface area contributed by atoms with Gasteiger partial charge in [0.25, 0.3) is 0 Å². The number of hydrogen-bond acceptors (Lipinski definition) is 8. The molecule has 12 heteroatoms. The van der Waals surface area contributed by atoms with Crippen molar-refractivity contribution in [1.29, 1.82) is 0 Å². The number of benzene rings is 1. The first-order chi connectivity index (χ1) is 14.0. The molecule has 4 unspecified atom stereocenters. The third kappa shape index (κ3) is 8.27. The van der Waals surface area contributed by atoms with Crippen LogP contribution in [0.1, 0.15) is 12.5 Å². The van der Waals surface area contributed by atoms with Gasteiger partial charge in [-0.05, 0) is 24.6 Å². The molecule has 1 aromatic rings. The summed E-state index contributed by atoms with van der Waals surface area (Å²) in [6, 6.07) is 2.32. The SMILES string of the molecule is CC(O)C(N)C(=O)NC(Cc1ccc(O)cc1)C(=O)NC(CS)C(=O)NCC(=O)O. The third-order valence-corrected chi connectivity index (χ3v) is 4.43. The second-order valence-corrected chi connectivity index (χ2v) is 6.92. The highest BCUT2D eigenvalue weighted by atomic mass is 32.1. The minimum absolute atomic E-state index is 0.000416. The van der Waals surface area contributed by atoms with Crippen LogP contribution in [0, 0.1) is 0 Å². The summed E-state index contributed by atoms with van der Waals surface area (Å²) < 4.78 is 0. The predicted octanol–water partition coefficient (Wildman–Crippen LogP) is -2.26. The van der Waals surface area contributed by atoms with E-state index in [4.69, 9.17) is 10.8 Å². The zero-order valence-electron chi connectivity index (χ0n) is 16.2. The molecule has 0 aliphatic rings. The van der Waals surface area contributed by atoms with E-state index in [1.165, 1.54) is 19.1 Å². The molecule has 0 fully saturated rings. The normalized spacial score (nSPS) is 14.7. The van der Waals surface area contributed by atoms with Gasteiger partial charge in [-0.2, -0.15) is 12.6 Å². The molecule has 166 valence electrons. The Morgan fingerprint density at radius 1 is 1.03 bits per heavy atom. The zero-order chi connectivity index (χ0) is 22.8. The molecule has 0 radical (unpaired) electrons. The Kier molecular flexibility index (Phi) is 10.1. The maximum Gasteiger partial charge on any atom is 0.322 e. The second kappa shape index (κ2) is 12.0. The van der Waals surface area contributed by atoms with Gasteiger partial charge in [-0.3, -0.25) is 19.2 Å². The average molecular weight is 442 g/mol. The smallest absolute Gasteiger partial charge is 0.322 e. The molecule has 0 saturated carbocycles. The minimum atomic E-state index is -1.28. The number of aromatic hydroxyl groups is 1. The molecular formula is C18H26N4O7S. The van der Waals surface area contributed by atoms with Gasteiger partial charge in [-0.25, -0.2) is 0 Å². The van der Waals surface area contributed by atoms with Crippen molar-refractivity contribution in [2.24, 2.45) is 5.73 Å². The molecule has 0 spiro atoms. The molecule has 4 atom stereocenters. The molecule has 30 heavy (non-hydrogen) atoms. The number of aliphatic carboxylic acids is 1. The Morgan fingerprint density at radius 2 is 1.60 bits per heavy atom. The summed E-state index contributed by atoms with van der Waals surface area (Å²) >= 11 is 3.99. The van der Waals surface area contributed by atoms with Crippen LogP contribution in [-0.2, 0) is 25.6 Å². The molecule has 11 nitrogen and oxygen atoms in total. The lowest BCUT2D eigenvalue weighted by atomic mass is 10.0. The van der Waals surface area contributed by atoms with Gasteiger partial charge in [-0.15, -0.1) is 0 Å². The Morgan fingerprint density at radius 3 is 2.10 bits per heavy atom. The molecule has 1 aromatic carbocycles. The maximum absolute atomic E-state index is 12.7. The van der Waals surface area contributed by atoms with Crippen LogP contribution >= 0.6 is 12.6 Å². The number of rotatable bonds is 11. The van der Waals surface area contributed by atoms with Gasteiger partial charge in [0.1, 0.15) is 30.4 Å². The molecule has 0 aliphatic carbocycles. The number of carbonyl (C=O) groups is 4. The van der Waals surface area contributed by atoms with Crippen LogP contribution < -0.4 is 21.7 Å². The number of phenolic OH excluding ortho intramolecular Hbond substituents is 1. The highest BCUT2D eigenvalue weighted by Gasteiger charge is 2.29. The van der Waals surface area contributed by atoms with E-state index in [2.05, 4.69) is 28.6 Å². The van der Waals surface area contributed by atoms with Crippen molar-refractivity contribution in [3.63, 3.8) is 0 Å². The van der Waals surface area contributed by atoms with E-state index >= 15 is 0 Å². The van der Waals surface area contributed by atoms with Gasteiger partial charge in [0, 0.05) is 12.2 Å². The van der Waals surface area contributed by atoms with E-state index in [1.54, 1.807) is 12.1 Å². The summed E-state index contributed by atoms with van der Waals surface area (Å²) in [4.78, 5) is 47.6. The largest absolute Gasteiger partial charge is 0.508 e. The highest BCUT2D eigenvalue weighted by molar-refractivity contribution is 7.80. The number of phenols is 1. The summed E-state index contributed by atoms with van der Waals surface area (Å²) in [6.07, 6.45) is -1.16. The number of carbonyl (C=O) groups excluding carboxylic acids is 3. The molecular weight excluding hydrogens is 416 g/mol. The zero-order valence-corrected chi connectivity index (χ0v) is 17.1. The second-order valence-electron chi connectivity index (χ2n) is 6.55. The summed E-state index contributed by atoms with van der Waals surface area (Å²) in [5, 5.41) is 34.5. The fourth-order valence-corrected chi connectivity index (χ4v) is 2.57. The average Bonchev–Trinajstić information content (AvgIpc) is 2.70. The number of nitrogens with two attached hydrogens (primary N) is 1. The monoisotopic (exact) mass is 442 g/mol. The van der Waals surface area contributed by atoms with Crippen molar-refractivity contribution >= 4 is 36.3 Å². The standard InChI is InChI=1S/C18H26N4O7S/c1-9(23)15(19)18(29)21-12(6-10-2-4-11(24)5-3-10)17(28)22-13(8-30)16(27)20-7-14(25)26/h2-5,9,12-13,15,23-24,30H,6-8,19H2,1H3,(H,20,27)(H,21,29)(H,22,28)(H,25,26). The Hall–Kier alpha value is -2.83. The maximum atomic E-state index is 12.7. The van der Waals surface area contributed by atoms with Gasteiger partial charge in [0.2, 0.25) is 17.7 Å². The number of carboxylic acid groups (broad SMARTS) is 1. The summed E-state index contributed by atoms with van der Waals surface area (Å²) in [6.45, 7) is 0.693. The lowest BCUT2D eigenvalue weighted by Crippen LogP contribution is -2.58. The van der Waals surface area contributed by atoms with Gasteiger partial charge < -0.3 is 37.0 Å². The Bertz CT molecular complexity index is 757. The van der Waals surface area contributed by atoms with Gasteiger partial charge in [-0.1, -0.05) is 12.1 Å². The van der Waals surface area contributed by atoms with Crippen LogP contribution in [0.15, 0.2) is 24.3 Å². The number of aliphatic hydroxyl groups excluding tert-OH is 1. The summed E-state index contributed by atoms with van der Waals surface area (Å²) in [5.41, 5.74) is 6.20. The summed E-state index contributed by atoms with van der Waals surface area (Å²) in [5.74, 6) is -3.62. The minimum Gasteiger partial charge on any atom is -0.508 e. The molecule has 8 N–H and O–H groups in total. The van der Waals surface area contributed by atoms with Crippen molar-refractivity contribution in [3.05, 3.63) is 29.8 Å². The van der Waals surface area contributed by atoms with E-state index in [9.17, 15) is 29.4 Å². The van der Waals surface area contributed by atoms with Crippen LogP contribution in [0.4, 0.5) is 0 Å². The van der Waals surface area contributed by atoms with E-state index in [1.807, 2.05) is 0 Å². The van der Waals surface area contributed by atoms with E-state index < -0.39 is 54.5 Å². The fourth-order valence-electron chi connectivity index (χ4n) is 2.32. The number of thiol groups is 1. The van der Waals surface area contributed by atoms with Gasteiger partial charge in [0.05, 0.1) is 6.10 Å². The Balaban J connectivity index is 2.95. The van der Waals surface area contributed by atoms with Crippen LogP contribution in [0.25, 0.3) is 0 Å². The van der Waals surface area contributed by atoms with E-state index in [0.717, 1.165) is 0 Å². The Labute approximate surface area is 178 Å². The third-order valence-electron chi connectivity index (χ3n) is 4.06. The van der Waals surface area contributed by atoms with Crippen molar-refractivity contribution in [2.45, 2.75) is 37.6 Å². The first kappa shape index (κ1) is 25.2. The molecule has 3 amide bonds. The van der Waals surface area contributed by atoms with Crippen LogP contribution in [-0.4, -0.2) is 75.5 Å². The molecule has 0 heterocycles. The van der Waals surface area contributed by atoms with Crippen LogP contribution in [0.5, 0.6) is 5.75 Å². The van der Waals surface area contributed by atoms with Crippen molar-refractivity contribution < 1.29 is 34.5 Å². The van der Waals surface area contributed by atoms with E-state index in [-0.39, 0.29) is 17.9 Å². The van der Waals surface area contributed by atoms with Crippen LogP contribution in [0.2, 0.25) is 0 Å². The molecule has 0 aromatic heterocycles. The topological polar surface area (TPSA) is 191 Å². The predicted molar refractivity (Wildman–Crippen MR) is 110 cm³/mol. The van der Waals surface area contributed by atoms with Gasteiger partial charge in [0.15, 0.2) is 0 Å². The quantitative estimate of drug-likeness (QED) is 0.176. The highest BCUT2D eigenvalue weighted by Crippen LogP contribution is 2.12. The number of nitrogens with one attached hydrogen (secondary N) is 3. The molecule has 0 bridgehead atoms. The first-order valence-corrected chi connectivity index (χ1v) is 9.61.